The Bertz CT molecular complexity index is 402. The van der Waals surface area contributed by atoms with Crippen molar-refractivity contribution in [1.82, 2.24) is 15.0 Å². The van der Waals surface area contributed by atoms with Gasteiger partial charge in [0.1, 0.15) is 0 Å². The van der Waals surface area contributed by atoms with Crippen LogP contribution in [0.25, 0.3) is 0 Å². The van der Waals surface area contributed by atoms with Crippen LogP contribution in [0.3, 0.4) is 0 Å². The summed E-state index contributed by atoms with van der Waals surface area (Å²) in [6, 6.07) is 0.192. The Hall–Kier alpha value is -1.63. The number of nitrogens with zero attached hydrogens (tertiary/aromatic N) is 3. The SMILES string of the molecule is CCOc1nc(Cl)nc(NCCCCC(N)=O)n1. The molecule has 1 heterocycles. The van der Waals surface area contributed by atoms with Crippen LogP contribution in [0.5, 0.6) is 6.01 Å². The van der Waals surface area contributed by atoms with Crippen LogP contribution in [0.4, 0.5) is 5.95 Å². The summed E-state index contributed by atoms with van der Waals surface area (Å²) in [6.07, 6.45) is 1.89. The molecule has 0 saturated carbocycles. The zero-order valence-electron chi connectivity index (χ0n) is 10.1. The lowest BCUT2D eigenvalue weighted by molar-refractivity contribution is -0.118. The third-order valence-corrected chi connectivity index (χ3v) is 2.16. The second-order valence-electron chi connectivity index (χ2n) is 3.49. The Kier molecular flexibility index (Phi) is 6.13. The number of carbonyl (C=O) groups excluding carboxylic acids is 1. The summed E-state index contributed by atoms with van der Waals surface area (Å²) in [4.78, 5) is 22.3. The summed E-state index contributed by atoms with van der Waals surface area (Å²) in [5.74, 6) is 0.0642. The molecule has 3 N–H and O–H groups in total. The minimum atomic E-state index is -0.295. The molecule has 0 bridgehead atoms. The maximum Gasteiger partial charge on any atom is 0.322 e. The molecule has 0 unspecified atom stereocenters. The van der Waals surface area contributed by atoms with Crippen molar-refractivity contribution in [3.05, 3.63) is 5.28 Å². The molecule has 18 heavy (non-hydrogen) atoms. The van der Waals surface area contributed by atoms with Crippen molar-refractivity contribution in [3.63, 3.8) is 0 Å². The Morgan fingerprint density at radius 3 is 2.83 bits per heavy atom. The summed E-state index contributed by atoms with van der Waals surface area (Å²) in [6.45, 7) is 2.91. The molecule has 8 heteroatoms. The average molecular weight is 274 g/mol. The molecule has 0 aliphatic heterocycles. The van der Waals surface area contributed by atoms with Crippen molar-refractivity contribution in [2.24, 2.45) is 5.73 Å². The monoisotopic (exact) mass is 273 g/mol. The number of primary amides is 1. The second kappa shape index (κ2) is 7.65. The molecule has 0 radical (unpaired) electrons. The van der Waals surface area contributed by atoms with Gasteiger partial charge < -0.3 is 15.8 Å². The minimum Gasteiger partial charge on any atom is -0.464 e. The highest BCUT2D eigenvalue weighted by Gasteiger charge is 2.05. The van der Waals surface area contributed by atoms with E-state index in [1.807, 2.05) is 6.92 Å². The molecule has 0 saturated heterocycles. The van der Waals surface area contributed by atoms with Gasteiger partial charge in [0.2, 0.25) is 17.1 Å². The van der Waals surface area contributed by atoms with Crippen LogP contribution in [0.2, 0.25) is 5.28 Å². The van der Waals surface area contributed by atoms with Gasteiger partial charge in [0.25, 0.3) is 0 Å². The minimum absolute atomic E-state index is 0.0769. The lowest BCUT2D eigenvalue weighted by Gasteiger charge is -2.06. The van der Waals surface area contributed by atoms with Gasteiger partial charge in [-0.05, 0) is 31.4 Å². The van der Waals surface area contributed by atoms with E-state index in [1.54, 1.807) is 0 Å². The van der Waals surface area contributed by atoms with Gasteiger partial charge in [0, 0.05) is 13.0 Å². The maximum atomic E-state index is 10.5. The predicted octanol–water partition coefficient (Wildman–Crippen LogP) is 0.991. The molecule has 0 spiro atoms. The second-order valence-corrected chi connectivity index (χ2v) is 3.83. The van der Waals surface area contributed by atoms with Crippen LogP contribution in [0, 0.1) is 0 Å². The average Bonchev–Trinajstić information content (AvgIpc) is 2.28. The van der Waals surface area contributed by atoms with Gasteiger partial charge in [0.15, 0.2) is 0 Å². The van der Waals surface area contributed by atoms with Crippen molar-refractivity contribution >= 4 is 23.5 Å². The molecule has 0 atom stereocenters. The van der Waals surface area contributed by atoms with Crippen molar-refractivity contribution in [2.75, 3.05) is 18.5 Å². The van der Waals surface area contributed by atoms with Gasteiger partial charge in [-0.15, -0.1) is 0 Å². The summed E-state index contributed by atoms with van der Waals surface area (Å²) >= 11 is 5.72. The van der Waals surface area contributed by atoms with E-state index in [0.717, 1.165) is 12.8 Å². The molecule has 0 aliphatic rings. The first-order valence-electron chi connectivity index (χ1n) is 5.68. The number of ether oxygens (including phenoxy) is 1. The third-order valence-electron chi connectivity index (χ3n) is 1.99. The molecular weight excluding hydrogens is 258 g/mol. The van der Waals surface area contributed by atoms with Crippen LogP contribution in [0.15, 0.2) is 0 Å². The van der Waals surface area contributed by atoms with E-state index < -0.39 is 0 Å². The highest BCUT2D eigenvalue weighted by molar-refractivity contribution is 6.28. The third kappa shape index (κ3) is 5.62. The standard InChI is InChI=1S/C10H16ClN5O2/c1-2-18-10-15-8(11)14-9(16-10)13-6-4-3-5-7(12)17/h2-6H2,1H3,(H2,12,17)(H,13,14,15,16). The molecule has 1 amide bonds. The summed E-state index contributed by atoms with van der Waals surface area (Å²) in [5, 5.41) is 3.06. The lowest BCUT2D eigenvalue weighted by atomic mass is 10.2. The van der Waals surface area contributed by atoms with E-state index in [2.05, 4.69) is 20.3 Å². The van der Waals surface area contributed by atoms with Crippen LogP contribution in [0.1, 0.15) is 26.2 Å². The van der Waals surface area contributed by atoms with Crippen LogP contribution in [-0.4, -0.2) is 34.0 Å². The smallest absolute Gasteiger partial charge is 0.322 e. The van der Waals surface area contributed by atoms with E-state index >= 15 is 0 Å². The first kappa shape index (κ1) is 14.4. The van der Waals surface area contributed by atoms with E-state index in [-0.39, 0.29) is 17.2 Å². The van der Waals surface area contributed by atoms with Gasteiger partial charge >= 0.3 is 6.01 Å². The van der Waals surface area contributed by atoms with E-state index in [0.29, 0.717) is 25.5 Å². The first-order chi connectivity index (χ1) is 8.61. The number of hydrogen-bond acceptors (Lipinski definition) is 6. The zero-order chi connectivity index (χ0) is 13.4. The number of aromatic nitrogens is 3. The van der Waals surface area contributed by atoms with E-state index in [4.69, 9.17) is 22.1 Å². The Labute approximate surface area is 110 Å². The fourth-order valence-corrected chi connectivity index (χ4v) is 1.38. The van der Waals surface area contributed by atoms with Gasteiger partial charge in [-0.2, -0.15) is 15.0 Å². The number of hydrogen-bond donors (Lipinski definition) is 2. The first-order valence-corrected chi connectivity index (χ1v) is 6.06. The van der Waals surface area contributed by atoms with Gasteiger partial charge in [-0.25, -0.2) is 0 Å². The lowest BCUT2D eigenvalue weighted by Crippen LogP contribution is -2.12. The molecule has 0 aromatic carbocycles. The van der Waals surface area contributed by atoms with Crippen molar-refractivity contribution < 1.29 is 9.53 Å². The van der Waals surface area contributed by atoms with E-state index in [1.165, 1.54) is 0 Å². The normalized spacial score (nSPS) is 10.1. The fourth-order valence-electron chi connectivity index (χ4n) is 1.23. The van der Waals surface area contributed by atoms with Crippen molar-refractivity contribution in [1.29, 1.82) is 0 Å². The van der Waals surface area contributed by atoms with Gasteiger partial charge in [-0.1, -0.05) is 0 Å². The number of carbonyl (C=O) groups is 1. The summed E-state index contributed by atoms with van der Waals surface area (Å²) < 4.78 is 5.14. The Morgan fingerprint density at radius 1 is 1.39 bits per heavy atom. The van der Waals surface area contributed by atoms with Crippen LogP contribution >= 0.6 is 11.6 Å². The Morgan fingerprint density at radius 2 is 2.17 bits per heavy atom. The maximum absolute atomic E-state index is 10.5. The Balaban J connectivity index is 2.39. The van der Waals surface area contributed by atoms with Crippen LogP contribution < -0.4 is 15.8 Å². The molecule has 100 valence electrons. The van der Waals surface area contributed by atoms with Gasteiger partial charge in [-0.3, -0.25) is 4.79 Å². The molecule has 1 aromatic heterocycles. The molecule has 0 fully saturated rings. The molecule has 7 nitrogen and oxygen atoms in total. The number of nitrogens with two attached hydrogens (primary N) is 1. The zero-order valence-corrected chi connectivity index (χ0v) is 10.9. The molecule has 0 aliphatic carbocycles. The number of halogens is 1. The number of unbranched alkanes of at least 4 members (excludes halogenated alkanes) is 1. The molecule has 1 aromatic rings. The summed E-state index contributed by atoms with van der Waals surface area (Å²) in [5.41, 5.74) is 5.03. The molecule has 1 rings (SSSR count). The highest BCUT2D eigenvalue weighted by Crippen LogP contribution is 2.11. The number of nitrogens with one attached hydrogen (secondary N) is 1. The quantitative estimate of drug-likeness (QED) is 0.685. The predicted molar refractivity (Wildman–Crippen MR) is 67.5 cm³/mol. The number of rotatable bonds is 8. The highest BCUT2D eigenvalue weighted by atomic mass is 35.5. The largest absolute Gasteiger partial charge is 0.464 e. The topological polar surface area (TPSA) is 103 Å². The number of amides is 1. The number of anilines is 1. The van der Waals surface area contributed by atoms with Crippen LogP contribution in [-0.2, 0) is 4.79 Å². The van der Waals surface area contributed by atoms with Crippen molar-refractivity contribution in [2.45, 2.75) is 26.2 Å². The van der Waals surface area contributed by atoms with Gasteiger partial charge in [0.05, 0.1) is 6.61 Å². The van der Waals surface area contributed by atoms with Crippen molar-refractivity contribution in [3.8, 4) is 6.01 Å². The summed E-state index contributed by atoms with van der Waals surface area (Å²) in [7, 11) is 0. The fraction of sp³-hybridized carbons (Fsp3) is 0.600. The van der Waals surface area contributed by atoms with E-state index in [9.17, 15) is 4.79 Å². The molecular formula is C10H16ClN5O2.